The van der Waals surface area contributed by atoms with Crippen molar-refractivity contribution in [2.24, 2.45) is 0 Å². The van der Waals surface area contributed by atoms with Crippen molar-refractivity contribution in [2.75, 3.05) is 60.9 Å². The highest BCUT2D eigenvalue weighted by Gasteiger charge is 2.24. The molecular weight excluding hydrogens is 532 g/mol. The van der Waals surface area contributed by atoms with Gasteiger partial charge in [-0.25, -0.2) is 4.98 Å². The van der Waals surface area contributed by atoms with Crippen LogP contribution < -0.4 is 20.4 Å². The van der Waals surface area contributed by atoms with Crippen molar-refractivity contribution in [1.29, 1.82) is 0 Å². The molecule has 10 nitrogen and oxygen atoms in total. The SMILES string of the molecule is Cc1ccccc1N1CCN(c2ccc(C(=O)NCCCN3CCCC3=O)cc2NC(=O)c2coc(C(C)C)n2)CC1. The molecule has 0 atom stereocenters. The van der Waals surface area contributed by atoms with E-state index in [2.05, 4.69) is 56.6 Å². The third-order valence-electron chi connectivity index (χ3n) is 7.89. The molecule has 3 heterocycles. The van der Waals surface area contributed by atoms with Crippen LogP contribution >= 0.6 is 0 Å². The van der Waals surface area contributed by atoms with Crippen molar-refractivity contribution in [2.45, 2.75) is 46.0 Å². The van der Waals surface area contributed by atoms with Crippen molar-refractivity contribution in [3.8, 4) is 0 Å². The molecule has 2 aliphatic heterocycles. The van der Waals surface area contributed by atoms with Gasteiger partial charge in [0.05, 0.1) is 11.4 Å². The maximum atomic E-state index is 13.2. The van der Waals surface area contributed by atoms with Gasteiger partial charge in [0.25, 0.3) is 11.8 Å². The molecule has 0 spiro atoms. The number of benzene rings is 2. The molecule has 10 heteroatoms. The monoisotopic (exact) mass is 572 g/mol. The van der Waals surface area contributed by atoms with Gasteiger partial charge < -0.3 is 29.8 Å². The quantitative estimate of drug-likeness (QED) is 0.346. The average molecular weight is 573 g/mol. The molecule has 3 aromatic rings. The summed E-state index contributed by atoms with van der Waals surface area (Å²) in [5.41, 5.74) is 4.53. The van der Waals surface area contributed by atoms with Crippen LogP contribution in [0.4, 0.5) is 17.1 Å². The van der Waals surface area contributed by atoms with Gasteiger partial charge in [-0.15, -0.1) is 0 Å². The van der Waals surface area contributed by atoms with E-state index in [4.69, 9.17) is 4.42 Å². The summed E-state index contributed by atoms with van der Waals surface area (Å²) in [6, 6.07) is 13.8. The number of likely N-dealkylation sites (tertiary alicyclic amines) is 1. The number of piperazine rings is 1. The Morgan fingerprint density at radius 2 is 1.71 bits per heavy atom. The van der Waals surface area contributed by atoms with Crippen LogP contribution in [0, 0.1) is 6.92 Å². The van der Waals surface area contributed by atoms with Gasteiger partial charge in [-0.05, 0) is 49.6 Å². The lowest BCUT2D eigenvalue weighted by Gasteiger charge is -2.38. The predicted molar refractivity (Wildman–Crippen MR) is 163 cm³/mol. The number of carbonyl (C=O) groups excluding carboxylic acids is 3. The molecule has 0 radical (unpaired) electrons. The van der Waals surface area contributed by atoms with Gasteiger partial charge in [-0.2, -0.15) is 0 Å². The van der Waals surface area contributed by atoms with Crippen LogP contribution in [0.1, 0.15) is 71.3 Å². The highest BCUT2D eigenvalue weighted by Crippen LogP contribution is 2.30. The van der Waals surface area contributed by atoms with Crippen LogP contribution in [0.25, 0.3) is 0 Å². The molecule has 5 rings (SSSR count). The van der Waals surface area contributed by atoms with Crippen molar-refractivity contribution in [3.63, 3.8) is 0 Å². The minimum absolute atomic E-state index is 0.0577. The maximum absolute atomic E-state index is 13.2. The molecule has 42 heavy (non-hydrogen) atoms. The fraction of sp³-hybridized carbons (Fsp3) is 0.438. The average Bonchev–Trinajstić information content (AvgIpc) is 3.65. The van der Waals surface area contributed by atoms with Crippen molar-refractivity contribution < 1.29 is 18.8 Å². The second-order valence-electron chi connectivity index (χ2n) is 11.3. The van der Waals surface area contributed by atoms with E-state index in [0.29, 0.717) is 43.1 Å². The third kappa shape index (κ3) is 6.75. The third-order valence-corrected chi connectivity index (χ3v) is 7.89. The number of hydrogen-bond donors (Lipinski definition) is 2. The van der Waals surface area contributed by atoms with Crippen LogP contribution in [0.2, 0.25) is 0 Å². The number of oxazole rings is 1. The number of rotatable bonds is 10. The lowest BCUT2D eigenvalue weighted by molar-refractivity contribution is -0.127. The normalized spacial score (nSPS) is 15.4. The van der Waals surface area contributed by atoms with Gasteiger partial charge in [0, 0.05) is 69.4 Å². The highest BCUT2D eigenvalue weighted by atomic mass is 16.3. The Labute approximate surface area is 247 Å². The standard InChI is InChI=1S/C32H40N6O4/c1-22(2)32-35-26(21-42-32)31(41)34-25-20-24(30(40)33-13-7-15-38-14-6-10-29(38)39)11-12-28(25)37-18-16-36(17-19-37)27-9-5-4-8-23(27)3/h4-5,8-9,11-12,20-22H,6-7,10,13-19H2,1-3H3,(H,33,40)(H,34,41). The van der Waals surface area contributed by atoms with E-state index in [-0.39, 0.29) is 23.4 Å². The van der Waals surface area contributed by atoms with Crippen LogP contribution in [0.5, 0.6) is 0 Å². The Kier molecular flexibility index (Phi) is 9.09. The first kappa shape index (κ1) is 29.2. The van der Waals surface area contributed by atoms with Crippen LogP contribution in [0.3, 0.4) is 0 Å². The van der Waals surface area contributed by atoms with E-state index < -0.39 is 5.91 Å². The molecule has 3 amide bonds. The Morgan fingerprint density at radius 1 is 0.976 bits per heavy atom. The Morgan fingerprint density at radius 3 is 2.38 bits per heavy atom. The fourth-order valence-corrected chi connectivity index (χ4v) is 5.52. The van der Waals surface area contributed by atoms with E-state index in [1.165, 1.54) is 17.5 Å². The number of nitrogens with zero attached hydrogens (tertiary/aromatic N) is 4. The van der Waals surface area contributed by atoms with Gasteiger partial charge in [0.1, 0.15) is 6.26 Å². The summed E-state index contributed by atoms with van der Waals surface area (Å²) < 4.78 is 5.48. The number of amides is 3. The molecule has 0 saturated carbocycles. The fourth-order valence-electron chi connectivity index (χ4n) is 5.52. The number of aromatic nitrogens is 1. The van der Waals surface area contributed by atoms with E-state index in [9.17, 15) is 14.4 Å². The zero-order chi connectivity index (χ0) is 29.6. The summed E-state index contributed by atoms with van der Waals surface area (Å²) in [5, 5.41) is 5.95. The minimum atomic E-state index is -0.390. The van der Waals surface area contributed by atoms with Crippen molar-refractivity contribution in [1.82, 2.24) is 15.2 Å². The first-order valence-corrected chi connectivity index (χ1v) is 14.8. The molecule has 0 aliphatic carbocycles. The first-order valence-electron chi connectivity index (χ1n) is 14.8. The Balaban J connectivity index is 1.29. The number of carbonyl (C=O) groups is 3. The maximum Gasteiger partial charge on any atom is 0.277 e. The second-order valence-corrected chi connectivity index (χ2v) is 11.3. The molecule has 1 aromatic heterocycles. The van der Waals surface area contributed by atoms with Crippen LogP contribution in [0.15, 0.2) is 53.1 Å². The van der Waals surface area contributed by atoms with Gasteiger partial charge in [-0.3, -0.25) is 14.4 Å². The van der Waals surface area contributed by atoms with E-state index in [1.54, 1.807) is 12.1 Å². The van der Waals surface area contributed by atoms with Crippen LogP contribution in [-0.2, 0) is 4.79 Å². The number of nitrogens with one attached hydrogen (secondary N) is 2. The molecule has 2 fully saturated rings. The second kappa shape index (κ2) is 13.1. The largest absolute Gasteiger partial charge is 0.448 e. The smallest absolute Gasteiger partial charge is 0.277 e. The number of aryl methyl sites for hydroxylation is 1. The molecule has 0 bridgehead atoms. The summed E-state index contributed by atoms with van der Waals surface area (Å²) in [6.45, 7) is 11.1. The van der Waals surface area contributed by atoms with Crippen molar-refractivity contribution in [3.05, 3.63) is 71.4 Å². The molecule has 2 saturated heterocycles. The van der Waals surface area contributed by atoms with E-state index in [1.807, 2.05) is 24.8 Å². The van der Waals surface area contributed by atoms with Crippen molar-refractivity contribution >= 4 is 34.8 Å². The van der Waals surface area contributed by atoms with Gasteiger partial charge in [0.15, 0.2) is 11.6 Å². The zero-order valence-electron chi connectivity index (χ0n) is 24.7. The van der Waals surface area contributed by atoms with Crippen LogP contribution in [-0.4, -0.2) is 73.4 Å². The molecule has 222 valence electrons. The Hall–Kier alpha value is -4.34. The molecular formula is C32H40N6O4. The highest BCUT2D eigenvalue weighted by molar-refractivity contribution is 6.06. The topological polar surface area (TPSA) is 111 Å². The summed E-state index contributed by atoms with van der Waals surface area (Å²) in [6.07, 6.45) is 3.57. The Bertz CT molecular complexity index is 1430. The number of para-hydroxylation sites is 1. The summed E-state index contributed by atoms with van der Waals surface area (Å²) >= 11 is 0. The lowest BCUT2D eigenvalue weighted by atomic mass is 10.1. The number of anilines is 3. The molecule has 2 aromatic carbocycles. The van der Waals surface area contributed by atoms with Gasteiger partial charge >= 0.3 is 0 Å². The van der Waals surface area contributed by atoms with Gasteiger partial charge in [0.2, 0.25) is 5.91 Å². The summed E-state index contributed by atoms with van der Waals surface area (Å²) in [4.78, 5) is 48.9. The van der Waals surface area contributed by atoms with E-state index >= 15 is 0 Å². The summed E-state index contributed by atoms with van der Waals surface area (Å²) in [5.74, 6) is 0.124. The predicted octanol–water partition coefficient (Wildman–Crippen LogP) is 4.43. The lowest BCUT2D eigenvalue weighted by Crippen LogP contribution is -2.47. The zero-order valence-corrected chi connectivity index (χ0v) is 24.7. The molecule has 2 aliphatic rings. The number of hydrogen-bond acceptors (Lipinski definition) is 7. The molecule has 2 N–H and O–H groups in total. The van der Waals surface area contributed by atoms with Gasteiger partial charge in [-0.1, -0.05) is 32.0 Å². The summed E-state index contributed by atoms with van der Waals surface area (Å²) in [7, 11) is 0. The first-order chi connectivity index (χ1) is 20.3. The van der Waals surface area contributed by atoms with E-state index in [0.717, 1.165) is 44.8 Å². The molecule has 0 unspecified atom stereocenters. The minimum Gasteiger partial charge on any atom is -0.448 e.